The van der Waals surface area contributed by atoms with Crippen LogP contribution in [0.5, 0.6) is 0 Å². The van der Waals surface area contributed by atoms with Crippen molar-refractivity contribution in [2.75, 3.05) is 44.4 Å². The first-order valence-corrected chi connectivity index (χ1v) is 10.7. The Hall–Kier alpha value is -3.82. The molecule has 4 rings (SSSR count). The maximum Gasteiger partial charge on any atom is 0.276 e. The van der Waals surface area contributed by atoms with Crippen molar-refractivity contribution in [2.24, 2.45) is 5.73 Å². The van der Waals surface area contributed by atoms with E-state index in [0.717, 1.165) is 46.5 Å². The van der Waals surface area contributed by atoms with Crippen LogP contribution in [0, 0.1) is 0 Å². The lowest BCUT2D eigenvalue weighted by molar-refractivity contribution is 0.102. The molecular formula is C24H28N8O. The van der Waals surface area contributed by atoms with Gasteiger partial charge in [0.2, 0.25) is 0 Å². The Morgan fingerprint density at radius 2 is 1.88 bits per heavy atom. The second-order valence-corrected chi connectivity index (χ2v) is 8.20. The zero-order valence-electron chi connectivity index (χ0n) is 19.0. The van der Waals surface area contributed by atoms with Gasteiger partial charge in [-0.3, -0.25) is 14.9 Å². The standard InChI is InChI=1S/C24H28N8O/c1-31(2)8-9-32(3)22-7-5-19(15-27-22)28-24(33)23-20-11-17(4-6-21(20)29-30-23)18-10-16(12-25)13-26-14-18/h4-7,10-11,13-15H,8-9,12,25H2,1-3H3,(H,28,33)(H,29,30). The number of anilines is 2. The lowest BCUT2D eigenvalue weighted by atomic mass is 10.0. The lowest BCUT2D eigenvalue weighted by Gasteiger charge is -2.20. The third kappa shape index (κ3) is 5.16. The van der Waals surface area contributed by atoms with Gasteiger partial charge < -0.3 is 20.9 Å². The van der Waals surface area contributed by atoms with E-state index >= 15 is 0 Å². The van der Waals surface area contributed by atoms with Crippen LogP contribution in [0.2, 0.25) is 0 Å². The maximum absolute atomic E-state index is 13.0. The van der Waals surface area contributed by atoms with Crippen LogP contribution in [0.15, 0.2) is 55.0 Å². The Morgan fingerprint density at radius 1 is 1.03 bits per heavy atom. The molecule has 0 atom stereocenters. The van der Waals surface area contributed by atoms with Gasteiger partial charge in [0.05, 0.1) is 17.4 Å². The van der Waals surface area contributed by atoms with E-state index in [1.54, 1.807) is 18.6 Å². The highest BCUT2D eigenvalue weighted by Gasteiger charge is 2.16. The van der Waals surface area contributed by atoms with Gasteiger partial charge in [-0.05, 0) is 55.6 Å². The minimum Gasteiger partial charge on any atom is -0.358 e. The van der Waals surface area contributed by atoms with Gasteiger partial charge in [0.1, 0.15) is 5.82 Å². The molecule has 0 saturated heterocycles. The van der Waals surface area contributed by atoms with Crippen LogP contribution < -0.4 is 16.0 Å². The molecule has 9 nitrogen and oxygen atoms in total. The van der Waals surface area contributed by atoms with E-state index in [9.17, 15) is 4.79 Å². The van der Waals surface area contributed by atoms with Gasteiger partial charge in [-0.1, -0.05) is 6.07 Å². The van der Waals surface area contributed by atoms with E-state index < -0.39 is 0 Å². The van der Waals surface area contributed by atoms with Crippen molar-refractivity contribution in [1.29, 1.82) is 0 Å². The Balaban J connectivity index is 1.52. The fraction of sp³-hybridized carbons (Fsp3) is 0.250. The first kappa shape index (κ1) is 22.4. The number of likely N-dealkylation sites (N-methyl/N-ethyl adjacent to an activating group) is 2. The van der Waals surface area contributed by atoms with Gasteiger partial charge >= 0.3 is 0 Å². The van der Waals surface area contributed by atoms with E-state index in [-0.39, 0.29) is 5.91 Å². The molecule has 0 aliphatic carbocycles. The Labute approximate surface area is 192 Å². The number of amides is 1. The molecule has 0 aliphatic heterocycles. The molecule has 0 radical (unpaired) electrons. The van der Waals surface area contributed by atoms with Gasteiger partial charge in [0.15, 0.2) is 5.69 Å². The van der Waals surface area contributed by atoms with Crippen molar-refractivity contribution >= 4 is 28.3 Å². The Morgan fingerprint density at radius 3 is 2.61 bits per heavy atom. The van der Waals surface area contributed by atoms with Gasteiger partial charge in [0.25, 0.3) is 5.91 Å². The van der Waals surface area contributed by atoms with Crippen LogP contribution in [0.4, 0.5) is 11.5 Å². The lowest BCUT2D eigenvalue weighted by Crippen LogP contribution is -2.28. The summed E-state index contributed by atoms with van der Waals surface area (Å²) in [5.41, 5.74) is 10.3. The molecule has 1 aromatic carbocycles. The molecule has 3 heterocycles. The smallest absolute Gasteiger partial charge is 0.276 e. The van der Waals surface area contributed by atoms with E-state index in [1.807, 2.05) is 57.5 Å². The monoisotopic (exact) mass is 444 g/mol. The third-order valence-corrected chi connectivity index (χ3v) is 5.42. The topological polar surface area (TPSA) is 116 Å². The van der Waals surface area contributed by atoms with Gasteiger partial charge in [-0.2, -0.15) is 5.10 Å². The molecule has 170 valence electrons. The fourth-order valence-electron chi connectivity index (χ4n) is 3.46. The normalized spacial score (nSPS) is 11.2. The quantitative estimate of drug-likeness (QED) is 0.383. The number of H-pyrrole nitrogens is 1. The number of hydrogen-bond donors (Lipinski definition) is 3. The number of nitrogens with zero attached hydrogens (tertiary/aromatic N) is 5. The molecule has 33 heavy (non-hydrogen) atoms. The predicted octanol–water partition coefficient (Wildman–Crippen LogP) is 2.73. The number of nitrogens with two attached hydrogens (primary N) is 1. The summed E-state index contributed by atoms with van der Waals surface area (Å²) < 4.78 is 0. The molecule has 0 saturated carbocycles. The number of aromatic nitrogens is 4. The van der Waals surface area contributed by atoms with Crippen LogP contribution in [0.1, 0.15) is 16.1 Å². The number of carbonyl (C=O) groups is 1. The summed E-state index contributed by atoms with van der Waals surface area (Å²) >= 11 is 0. The van der Waals surface area contributed by atoms with Crippen molar-refractivity contribution in [1.82, 2.24) is 25.1 Å². The summed E-state index contributed by atoms with van der Waals surface area (Å²) in [6.45, 7) is 2.20. The van der Waals surface area contributed by atoms with Crippen LogP contribution in [-0.2, 0) is 6.54 Å². The first-order valence-electron chi connectivity index (χ1n) is 10.7. The Bertz CT molecular complexity index is 1250. The van der Waals surface area contributed by atoms with Crippen molar-refractivity contribution in [3.63, 3.8) is 0 Å². The summed E-state index contributed by atoms with van der Waals surface area (Å²) in [6, 6.07) is 11.5. The second kappa shape index (κ2) is 9.76. The van der Waals surface area contributed by atoms with E-state index in [0.29, 0.717) is 17.9 Å². The van der Waals surface area contributed by atoms with Gasteiger partial charge in [-0.25, -0.2) is 4.98 Å². The van der Waals surface area contributed by atoms with Crippen LogP contribution >= 0.6 is 0 Å². The van der Waals surface area contributed by atoms with Gasteiger partial charge in [0, 0.05) is 50.0 Å². The van der Waals surface area contributed by atoms with E-state index in [2.05, 4.69) is 35.3 Å². The number of hydrogen-bond acceptors (Lipinski definition) is 7. The predicted molar refractivity (Wildman–Crippen MR) is 131 cm³/mol. The SMILES string of the molecule is CN(C)CCN(C)c1ccc(NC(=O)c2n[nH]c3ccc(-c4cncc(CN)c4)cc23)cn1. The summed E-state index contributed by atoms with van der Waals surface area (Å²) in [6.07, 6.45) is 5.19. The summed E-state index contributed by atoms with van der Waals surface area (Å²) in [7, 11) is 6.07. The summed E-state index contributed by atoms with van der Waals surface area (Å²) in [4.78, 5) is 25.9. The van der Waals surface area contributed by atoms with Crippen LogP contribution in [0.25, 0.3) is 22.0 Å². The van der Waals surface area contributed by atoms with Crippen molar-refractivity contribution < 1.29 is 4.79 Å². The molecule has 9 heteroatoms. The summed E-state index contributed by atoms with van der Waals surface area (Å²) in [5.74, 6) is 0.542. The zero-order chi connectivity index (χ0) is 23.4. The highest BCUT2D eigenvalue weighted by atomic mass is 16.1. The van der Waals surface area contributed by atoms with E-state index in [1.165, 1.54) is 0 Å². The minimum atomic E-state index is -0.303. The highest BCUT2D eigenvalue weighted by molar-refractivity contribution is 6.11. The van der Waals surface area contributed by atoms with Crippen LogP contribution in [-0.4, -0.2) is 65.2 Å². The van der Waals surface area contributed by atoms with E-state index in [4.69, 9.17) is 5.73 Å². The van der Waals surface area contributed by atoms with Crippen molar-refractivity contribution in [3.05, 3.63) is 66.2 Å². The summed E-state index contributed by atoms with van der Waals surface area (Å²) in [5, 5.41) is 10.8. The molecule has 3 aromatic heterocycles. The number of aromatic amines is 1. The molecule has 1 amide bonds. The van der Waals surface area contributed by atoms with Crippen LogP contribution in [0.3, 0.4) is 0 Å². The zero-order valence-corrected chi connectivity index (χ0v) is 19.0. The molecule has 0 spiro atoms. The molecule has 4 aromatic rings. The third-order valence-electron chi connectivity index (χ3n) is 5.42. The molecule has 0 aliphatic rings. The average Bonchev–Trinajstić information content (AvgIpc) is 3.26. The number of fused-ring (bicyclic) bond motifs is 1. The number of carbonyl (C=O) groups excluding carboxylic acids is 1. The number of rotatable bonds is 8. The fourth-order valence-corrected chi connectivity index (χ4v) is 3.46. The van der Waals surface area contributed by atoms with Crippen molar-refractivity contribution in [3.8, 4) is 11.1 Å². The second-order valence-electron chi connectivity index (χ2n) is 8.20. The number of pyridine rings is 2. The molecule has 4 N–H and O–H groups in total. The highest BCUT2D eigenvalue weighted by Crippen LogP contribution is 2.26. The maximum atomic E-state index is 13.0. The Kier molecular flexibility index (Phi) is 6.62. The first-order chi connectivity index (χ1) is 15.9. The minimum absolute atomic E-state index is 0.303. The molecule has 0 unspecified atom stereocenters. The van der Waals surface area contributed by atoms with Crippen molar-refractivity contribution in [2.45, 2.75) is 6.54 Å². The average molecular weight is 445 g/mol. The largest absolute Gasteiger partial charge is 0.358 e. The number of benzene rings is 1. The molecular weight excluding hydrogens is 416 g/mol. The molecule has 0 fully saturated rings. The van der Waals surface area contributed by atoms with Gasteiger partial charge in [-0.15, -0.1) is 0 Å². The molecule has 0 bridgehead atoms. The number of nitrogens with one attached hydrogen (secondary N) is 2.